The first-order chi connectivity index (χ1) is 11.0. The molecule has 2 aliphatic rings. The van der Waals surface area contributed by atoms with Crippen LogP contribution < -0.4 is 10.2 Å². The van der Waals surface area contributed by atoms with Crippen molar-refractivity contribution in [3.8, 4) is 6.07 Å². The maximum Gasteiger partial charge on any atom is 0.318 e. The number of nitrogens with zero attached hydrogens (tertiary/aromatic N) is 2. The predicted octanol–water partition coefficient (Wildman–Crippen LogP) is 1.82. The number of para-hydroxylation sites is 2. The highest BCUT2D eigenvalue weighted by molar-refractivity contribution is 7.86. The zero-order valence-corrected chi connectivity index (χ0v) is 13.3. The van der Waals surface area contributed by atoms with Crippen LogP contribution in [0.15, 0.2) is 47.3 Å². The molecule has 0 fully saturated rings. The number of carboxylic acid groups (broad SMARTS) is 1. The number of carboxylic acids is 1. The summed E-state index contributed by atoms with van der Waals surface area (Å²) in [7, 11) is -1.57. The summed E-state index contributed by atoms with van der Waals surface area (Å²) >= 11 is 0. The zero-order chi connectivity index (χ0) is 16.6. The summed E-state index contributed by atoms with van der Waals surface area (Å²) in [4.78, 5) is 12.9. The van der Waals surface area contributed by atoms with E-state index >= 15 is 0 Å². The van der Waals surface area contributed by atoms with Crippen molar-refractivity contribution in [2.75, 3.05) is 22.5 Å². The summed E-state index contributed by atoms with van der Waals surface area (Å²) in [6.45, 7) is 1.97. The van der Waals surface area contributed by atoms with Crippen molar-refractivity contribution in [1.29, 1.82) is 5.26 Å². The van der Waals surface area contributed by atoms with Gasteiger partial charge in [-0.1, -0.05) is 18.2 Å². The summed E-state index contributed by atoms with van der Waals surface area (Å²) < 4.78 is 12.1. The molecule has 1 aromatic carbocycles. The van der Waals surface area contributed by atoms with Gasteiger partial charge in [-0.2, -0.15) is 5.26 Å². The number of anilines is 2. The zero-order valence-electron chi connectivity index (χ0n) is 12.4. The fourth-order valence-corrected chi connectivity index (χ4v) is 3.66. The lowest BCUT2D eigenvalue weighted by Gasteiger charge is -2.25. The molecule has 2 atom stereocenters. The number of fused-ring (bicyclic) bond motifs is 3. The molecule has 118 valence electrons. The molecule has 2 unspecified atom stereocenters. The van der Waals surface area contributed by atoms with Crippen molar-refractivity contribution >= 4 is 28.1 Å². The van der Waals surface area contributed by atoms with E-state index in [9.17, 15) is 14.3 Å². The lowest BCUT2D eigenvalue weighted by molar-refractivity contribution is -0.136. The van der Waals surface area contributed by atoms with Crippen LogP contribution in [0.5, 0.6) is 0 Å². The Morgan fingerprint density at radius 3 is 2.96 bits per heavy atom. The highest BCUT2D eigenvalue weighted by Crippen LogP contribution is 2.40. The van der Waals surface area contributed by atoms with Gasteiger partial charge in [-0.25, -0.2) is 0 Å². The number of benzene rings is 1. The monoisotopic (exact) mass is 329 g/mol. The number of hydrogen-bond acceptors (Lipinski definition) is 5. The van der Waals surface area contributed by atoms with Crippen molar-refractivity contribution in [3.05, 3.63) is 47.3 Å². The van der Waals surface area contributed by atoms with Crippen LogP contribution in [0, 0.1) is 11.3 Å². The molecule has 1 aromatic rings. The van der Waals surface area contributed by atoms with E-state index in [4.69, 9.17) is 5.11 Å². The summed E-state index contributed by atoms with van der Waals surface area (Å²) in [5.74, 6) is -0.365. The summed E-state index contributed by atoms with van der Waals surface area (Å²) in [6.07, 6.45) is 1.85. The van der Waals surface area contributed by atoms with E-state index in [2.05, 4.69) is 11.4 Å². The molecule has 2 aliphatic heterocycles. The number of hydrogen-bond donors (Lipinski definition) is 2. The van der Waals surface area contributed by atoms with Gasteiger partial charge in [0.1, 0.15) is 17.1 Å². The maximum absolute atomic E-state index is 12.1. The molecule has 0 saturated heterocycles. The van der Waals surface area contributed by atoms with E-state index in [1.54, 1.807) is 0 Å². The van der Waals surface area contributed by atoms with Crippen LogP contribution in [0.3, 0.4) is 0 Å². The highest BCUT2D eigenvalue weighted by Gasteiger charge is 2.31. The van der Waals surface area contributed by atoms with Gasteiger partial charge in [0.15, 0.2) is 0 Å². The molecule has 0 bridgehead atoms. The summed E-state index contributed by atoms with van der Waals surface area (Å²) in [5.41, 5.74) is 2.96. The fraction of sp³-hybridized carbons (Fsp3) is 0.250. The number of nitriles is 1. The number of carbonyl (C=O) groups is 1. The van der Waals surface area contributed by atoms with Gasteiger partial charge in [-0.15, -0.1) is 0 Å². The van der Waals surface area contributed by atoms with Crippen LogP contribution in [0.25, 0.3) is 0 Å². The Morgan fingerprint density at radius 2 is 2.26 bits per heavy atom. The molecular formula is C16H15N3O3S. The first-order valence-electron chi connectivity index (χ1n) is 7.10. The first kappa shape index (κ1) is 15.3. The van der Waals surface area contributed by atoms with Gasteiger partial charge >= 0.3 is 5.97 Å². The standard InChI is InChI=1S/C16H15N3O3S/c1-10(16(20)21)23(22)9-11-6-7-19-14-5-3-2-4-13(14)18-15(19)12(11)8-17/h2-6,10,18H,7,9H2,1H3,(H,20,21). The van der Waals surface area contributed by atoms with Gasteiger partial charge in [-0.3, -0.25) is 9.00 Å². The van der Waals surface area contributed by atoms with Crippen molar-refractivity contribution in [2.45, 2.75) is 12.2 Å². The average molecular weight is 329 g/mol. The third-order valence-corrected chi connectivity index (χ3v) is 5.53. The molecule has 6 nitrogen and oxygen atoms in total. The van der Waals surface area contributed by atoms with E-state index in [0.29, 0.717) is 23.5 Å². The first-order valence-corrected chi connectivity index (χ1v) is 8.48. The molecule has 2 N–H and O–H groups in total. The van der Waals surface area contributed by atoms with Gasteiger partial charge in [0.2, 0.25) is 0 Å². The number of rotatable bonds is 4. The van der Waals surface area contributed by atoms with Crippen molar-refractivity contribution in [1.82, 2.24) is 0 Å². The van der Waals surface area contributed by atoms with E-state index in [1.807, 2.05) is 35.2 Å². The fourth-order valence-electron chi connectivity index (χ4n) is 2.62. The number of allylic oxidation sites excluding steroid dienone is 1. The lowest BCUT2D eigenvalue weighted by Crippen LogP contribution is -2.30. The van der Waals surface area contributed by atoms with E-state index in [1.165, 1.54) is 6.92 Å². The largest absolute Gasteiger partial charge is 0.480 e. The summed E-state index contributed by atoms with van der Waals surface area (Å²) in [5, 5.41) is 20.7. The highest BCUT2D eigenvalue weighted by atomic mass is 32.2. The minimum absolute atomic E-state index is 0.0612. The van der Waals surface area contributed by atoms with Crippen LogP contribution in [0.2, 0.25) is 0 Å². The number of nitrogens with one attached hydrogen (secondary N) is 1. The van der Waals surface area contributed by atoms with E-state index in [0.717, 1.165) is 11.4 Å². The van der Waals surface area contributed by atoms with Crippen LogP contribution in [-0.4, -0.2) is 32.8 Å². The topological polar surface area (TPSA) is 93.4 Å². The molecule has 7 heteroatoms. The summed E-state index contributed by atoms with van der Waals surface area (Å²) in [6, 6.07) is 9.90. The quantitative estimate of drug-likeness (QED) is 0.875. The van der Waals surface area contributed by atoms with Gasteiger partial charge in [0, 0.05) is 17.3 Å². The molecule has 0 radical (unpaired) electrons. The van der Waals surface area contributed by atoms with Gasteiger partial charge in [0.25, 0.3) is 0 Å². The van der Waals surface area contributed by atoms with Crippen molar-refractivity contribution in [3.63, 3.8) is 0 Å². The SMILES string of the molecule is CC(C(=O)O)S(=O)CC1=CCN2C(=C1C#N)Nc1ccccc12. The van der Waals surface area contributed by atoms with E-state index in [-0.39, 0.29) is 5.75 Å². The molecule has 3 rings (SSSR count). The molecule has 0 aliphatic carbocycles. The minimum atomic E-state index is -1.57. The molecule has 23 heavy (non-hydrogen) atoms. The predicted molar refractivity (Wildman–Crippen MR) is 88.2 cm³/mol. The van der Waals surface area contributed by atoms with Crippen LogP contribution >= 0.6 is 0 Å². The Morgan fingerprint density at radius 1 is 1.52 bits per heavy atom. The molecular weight excluding hydrogens is 314 g/mol. The maximum atomic E-state index is 12.1. The van der Waals surface area contributed by atoms with Gasteiger partial charge in [0.05, 0.1) is 22.7 Å². The third kappa shape index (κ3) is 2.62. The Balaban J connectivity index is 1.90. The number of aliphatic carboxylic acids is 1. The second kappa shape index (κ2) is 5.89. The van der Waals surface area contributed by atoms with Crippen molar-refractivity contribution in [2.24, 2.45) is 0 Å². The molecule has 2 heterocycles. The average Bonchev–Trinajstić information content (AvgIpc) is 2.92. The Bertz CT molecular complexity index is 807. The van der Waals surface area contributed by atoms with Crippen LogP contribution in [0.1, 0.15) is 6.92 Å². The Hall–Kier alpha value is -2.59. The smallest absolute Gasteiger partial charge is 0.318 e. The second-order valence-corrected chi connectivity index (χ2v) is 7.08. The van der Waals surface area contributed by atoms with Crippen LogP contribution in [0.4, 0.5) is 11.4 Å². The normalized spacial score (nSPS) is 18.3. The minimum Gasteiger partial charge on any atom is -0.480 e. The second-order valence-electron chi connectivity index (χ2n) is 5.32. The van der Waals surface area contributed by atoms with Gasteiger partial charge in [-0.05, 0) is 24.6 Å². The molecule has 0 aromatic heterocycles. The lowest BCUT2D eigenvalue weighted by atomic mass is 10.1. The Kier molecular flexibility index (Phi) is 3.92. The van der Waals surface area contributed by atoms with E-state index < -0.39 is 22.0 Å². The third-order valence-electron chi connectivity index (χ3n) is 3.95. The van der Waals surface area contributed by atoms with Crippen molar-refractivity contribution < 1.29 is 14.1 Å². The Labute approximate surface area is 136 Å². The molecule has 0 amide bonds. The molecule has 0 saturated carbocycles. The molecule has 0 spiro atoms. The van der Waals surface area contributed by atoms with Crippen LogP contribution in [-0.2, 0) is 15.6 Å². The van der Waals surface area contributed by atoms with Gasteiger partial charge < -0.3 is 15.3 Å².